The first kappa shape index (κ1) is 15.1. The molecule has 0 unspecified atom stereocenters. The highest BCUT2D eigenvalue weighted by molar-refractivity contribution is 5.31. The van der Waals surface area contributed by atoms with Crippen molar-refractivity contribution in [2.45, 2.75) is 32.6 Å². The van der Waals surface area contributed by atoms with E-state index in [9.17, 15) is 0 Å². The van der Waals surface area contributed by atoms with Gasteiger partial charge >= 0.3 is 0 Å². The van der Waals surface area contributed by atoms with E-state index in [0.29, 0.717) is 6.61 Å². The monoisotopic (exact) mass is 279 g/mol. The molecule has 0 bridgehead atoms. The molecule has 21 heavy (non-hydrogen) atoms. The van der Waals surface area contributed by atoms with Crippen LogP contribution < -0.4 is 4.74 Å². The molecule has 0 aliphatic heterocycles. The molecule has 2 aromatic carbocycles. The summed E-state index contributed by atoms with van der Waals surface area (Å²) in [5.41, 5.74) is 3.40. The molecule has 0 fully saturated rings. The third-order valence-corrected chi connectivity index (χ3v) is 3.50. The summed E-state index contributed by atoms with van der Waals surface area (Å²) in [5.74, 6) is 0.943. The molecule has 0 atom stereocenters. The molecule has 0 saturated carbocycles. The quantitative estimate of drug-likeness (QED) is 0.698. The molecule has 0 heterocycles. The molecule has 0 aromatic heterocycles. The van der Waals surface area contributed by atoms with Crippen LogP contribution in [-0.2, 0) is 12.8 Å². The van der Waals surface area contributed by atoms with Gasteiger partial charge < -0.3 is 4.74 Å². The Kier molecular flexibility index (Phi) is 5.84. The molecule has 0 aliphatic rings. The molecule has 0 amide bonds. The van der Waals surface area contributed by atoms with Gasteiger partial charge in [0.25, 0.3) is 0 Å². The van der Waals surface area contributed by atoms with Gasteiger partial charge in [-0.25, -0.2) is 0 Å². The predicted octanol–water partition coefficient (Wildman–Crippen LogP) is 4.52. The van der Waals surface area contributed by atoms with Gasteiger partial charge in [0.05, 0.1) is 18.2 Å². The number of hydrogen-bond acceptors (Lipinski definition) is 2. The third-order valence-electron chi connectivity index (χ3n) is 3.50. The van der Waals surface area contributed by atoms with E-state index in [1.807, 2.05) is 31.2 Å². The Hall–Kier alpha value is -2.27. The normalized spacial score (nSPS) is 10.1. The molecule has 2 heteroatoms. The SMILES string of the molecule is CCOc1ccc(CCCCc2ccc(C#N)cc2)cc1. The maximum atomic E-state index is 8.76. The number of benzene rings is 2. The van der Waals surface area contributed by atoms with Gasteiger partial charge in [-0.15, -0.1) is 0 Å². The second-order valence-corrected chi connectivity index (χ2v) is 5.09. The van der Waals surface area contributed by atoms with E-state index in [1.165, 1.54) is 24.0 Å². The van der Waals surface area contributed by atoms with Crippen molar-refractivity contribution in [3.63, 3.8) is 0 Å². The molecule has 0 N–H and O–H groups in total. The molecule has 108 valence electrons. The highest BCUT2D eigenvalue weighted by Crippen LogP contribution is 2.15. The highest BCUT2D eigenvalue weighted by atomic mass is 16.5. The Morgan fingerprint density at radius 2 is 1.38 bits per heavy atom. The lowest BCUT2D eigenvalue weighted by molar-refractivity contribution is 0.340. The predicted molar refractivity (Wildman–Crippen MR) is 85.4 cm³/mol. The van der Waals surface area contributed by atoms with E-state index in [2.05, 4.69) is 30.3 Å². The number of aryl methyl sites for hydroxylation is 2. The lowest BCUT2D eigenvalue weighted by atomic mass is 10.0. The maximum Gasteiger partial charge on any atom is 0.119 e. The largest absolute Gasteiger partial charge is 0.494 e. The minimum Gasteiger partial charge on any atom is -0.494 e. The number of ether oxygens (including phenoxy) is 1. The lowest BCUT2D eigenvalue weighted by Gasteiger charge is -2.05. The fourth-order valence-electron chi connectivity index (χ4n) is 2.32. The summed E-state index contributed by atoms with van der Waals surface area (Å²) in [5, 5.41) is 8.76. The Morgan fingerprint density at radius 1 is 0.857 bits per heavy atom. The van der Waals surface area contributed by atoms with Crippen LogP contribution in [0.1, 0.15) is 36.5 Å². The van der Waals surface area contributed by atoms with Crippen LogP contribution in [0.25, 0.3) is 0 Å². The number of nitriles is 1. The summed E-state index contributed by atoms with van der Waals surface area (Å²) in [6.07, 6.45) is 4.51. The minimum atomic E-state index is 0.712. The van der Waals surface area contributed by atoms with Crippen LogP contribution in [0.5, 0.6) is 5.75 Å². The van der Waals surface area contributed by atoms with Gasteiger partial charge in [0.15, 0.2) is 0 Å². The van der Waals surface area contributed by atoms with Gasteiger partial charge in [0.2, 0.25) is 0 Å². The fraction of sp³-hybridized carbons (Fsp3) is 0.316. The van der Waals surface area contributed by atoms with Crippen LogP contribution in [0.2, 0.25) is 0 Å². The molecule has 2 rings (SSSR count). The number of nitrogens with zero attached hydrogens (tertiary/aromatic N) is 1. The zero-order valence-electron chi connectivity index (χ0n) is 12.5. The molecule has 0 spiro atoms. The van der Waals surface area contributed by atoms with Crippen LogP contribution in [0.3, 0.4) is 0 Å². The van der Waals surface area contributed by atoms with Gasteiger partial charge in [-0.3, -0.25) is 0 Å². The topological polar surface area (TPSA) is 33.0 Å². The zero-order valence-corrected chi connectivity index (χ0v) is 12.5. The zero-order chi connectivity index (χ0) is 14.9. The number of unbranched alkanes of at least 4 members (excludes halogenated alkanes) is 1. The first-order valence-corrected chi connectivity index (χ1v) is 7.52. The summed E-state index contributed by atoms with van der Waals surface area (Å²) in [6.45, 7) is 2.71. The lowest BCUT2D eigenvalue weighted by Crippen LogP contribution is -1.92. The van der Waals surface area contributed by atoms with Gasteiger partial charge in [-0.05, 0) is 68.0 Å². The first-order chi connectivity index (χ1) is 10.3. The smallest absolute Gasteiger partial charge is 0.119 e. The third kappa shape index (κ3) is 4.96. The van der Waals surface area contributed by atoms with Gasteiger partial charge in [0.1, 0.15) is 5.75 Å². The maximum absolute atomic E-state index is 8.76. The van der Waals surface area contributed by atoms with E-state index in [0.717, 1.165) is 24.2 Å². The summed E-state index contributed by atoms with van der Waals surface area (Å²) < 4.78 is 5.44. The molecule has 2 aromatic rings. The molecular weight excluding hydrogens is 258 g/mol. The van der Waals surface area contributed by atoms with Crippen molar-refractivity contribution in [3.05, 3.63) is 65.2 Å². The van der Waals surface area contributed by atoms with Gasteiger partial charge in [-0.2, -0.15) is 5.26 Å². The average molecular weight is 279 g/mol. The van der Waals surface area contributed by atoms with E-state index < -0.39 is 0 Å². The number of rotatable bonds is 7. The van der Waals surface area contributed by atoms with E-state index in [-0.39, 0.29) is 0 Å². The van der Waals surface area contributed by atoms with Crippen molar-refractivity contribution in [3.8, 4) is 11.8 Å². The highest BCUT2D eigenvalue weighted by Gasteiger charge is 1.98. The van der Waals surface area contributed by atoms with Crippen molar-refractivity contribution in [1.82, 2.24) is 0 Å². The van der Waals surface area contributed by atoms with Gasteiger partial charge in [0, 0.05) is 0 Å². The van der Waals surface area contributed by atoms with Crippen molar-refractivity contribution >= 4 is 0 Å². The van der Waals surface area contributed by atoms with Crippen molar-refractivity contribution in [2.75, 3.05) is 6.61 Å². The second kappa shape index (κ2) is 8.11. The Bertz CT molecular complexity index is 578. The molecule has 0 aliphatic carbocycles. The second-order valence-electron chi connectivity index (χ2n) is 5.09. The van der Waals surface area contributed by atoms with Gasteiger partial charge in [-0.1, -0.05) is 24.3 Å². The standard InChI is InChI=1S/C19H21NO/c1-2-21-19-13-11-17(12-14-19)6-4-3-5-16-7-9-18(15-20)10-8-16/h7-14H,2-6H2,1H3. The summed E-state index contributed by atoms with van der Waals surface area (Å²) in [7, 11) is 0. The van der Waals surface area contributed by atoms with Crippen LogP contribution in [0, 0.1) is 11.3 Å². The summed E-state index contributed by atoms with van der Waals surface area (Å²) in [6, 6.07) is 18.4. The van der Waals surface area contributed by atoms with Crippen LogP contribution in [0.15, 0.2) is 48.5 Å². The molecule has 0 radical (unpaired) electrons. The van der Waals surface area contributed by atoms with E-state index in [1.54, 1.807) is 0 Å². The summed E-state index contributed by atoms with van der Waals surface area (Å²) >= 11 is 0. The number of hydrogen-bond donors (Lipinski definition) is 0. The van der Waals surface area contributed by atoms with E-state index >= 15 is 0 Å². The van der Waals surface area contributed by atoms with Crippen LogP contribution in [-0.4, -0.2) is 6.61 Å². The Morgan fingerprint density at radius 3 is 1.86 bits per heavy atom. The van der Waals surface area contributed by atoms with Crippen molar-refractivity contribution in [1.29, 1.82) is 5.26 Å². The molecular formula is C19H21NO. The Balaban J connectivity index is 1.72. The molecule has 0 saturated heterocycles. The first-order valence-electron chi connectivity index (χ1n) is 7.52. The Labute approximate surface area is 127 Å². The summed E-state index contributed by atoms with van der Waals surface area (Å²) in [4.78, 5) is 0. The van der Waals surface area contributed by atoms with E-state index in [4.69, 9.17) is 10.00 Å². The van der Waals surface area contributed by atoms with Crippen molar-refractivity contribution in [2.24, 2.45) is 0 Å². The van der Waals surface area contributed by atoms with Crippen LogP contribution in [0.4, 0.5) is 0 Å². The average Bonchev–Trinajstić information content (AvgIpc) is 2.54. The van der Waals surface area contributed by atoms with Crippen LogP contribution >= 0.6 is 0 Å². The molecule has 2 nitrogen and oxygen atoms in total. The van der Waals surface area contributed by atoms with Crippen molar-refractivity contribution < 1.29 is 4.74 Å². The fourth-order valence-corrected chi connectivity index (χ4v) is 2.32. The minimum absolute atomic E-state index is 0.712.